The highest BCUT2D eigenvalue weighted by molar-refractivity contribution is 6.13. The Labute approximate surface area is 313 Å². The van der Waals surface area contributed by atoms with Crippen LogP contribution in [0.2, 0.25) is 0 Å². The SMILES string of the molecule is c1ccc(-c2cccc(-c3nc(-c4ccc(-c5cccc(-c6cncc7ccccc67)c5)cc4)cc(-c4cc5ccccc5c5ccccc45)n3)c2)cc1. The van der Waals surface area contributed by atoms with Gasteiger partial charge in [-0.3, -0.25) is 4.98 Å². The van der Waals surface area contributed by atoms with Crippen molar-refractivity contribution in [2.24, 2.45) is 0 Å². The third-order valence-corrected chi connectivity index (χ3v) is 10.4. The lowest BCUT2D eigenvalue weighted by atomic mass is 9.94. The summed E-state index contributed by atoms with van der Waals surface area (Å²) in [5.41, 5.74) is 11.7. The van der Waals surface area contributed by atoms with Crippen LogP contribution in [0.1, 0.15) is 0 Å². The number of aromatic nitrogens is 3. The van der Waals surface area contributed by atoms with Crippen LogP contribution in [0.5, 0.6) is 0 Å². The molecular weight excluding hydrogens is 655 g/mol. The molecule has 0 saturated heterocycles. The number of fused-ring (bicyclic) bond motifs is 4. The van der Waals surface area contributed by atoms with Crippen LogP contribution >= 0.6 is 0 Å². The summed E-state index contributed by atoms with van der Waals surface area (Å²) in [6.07, 6.45) is 3.89. The molecule has 2 heterocycles. The van der Waals surface area contributed by atoms with Gasteiger partial charge in [0.05, 0.1) is 11.4 Å². The van der Waals surface area contributed by atoms with Crippen LogP contribution in [0.4, 0.5) is 0 Å². The van der Waals surface area contributed by atoms with E-state index in [9.17, 15) is 0 Å². The van der Waals surface area contributed by atoms with E-state index in [2.05, 4.69) is 187 Å². The zero-order chi connectivity index (χ0) is 35.8. The van der Waals surface area contributed by atoms with E-state index < -0.39 is 0 Å². The van der Waals surface area contributed by atoms with Crippen molar-refractivity contribution in [2.45, 2.75) is 0 Å². The molecule has 0 radical (unpaired) electrons. The van der Waals surface area contributed by atoms with E-state index in [0.29, 0.717) is 5.82 Å². The number of pyridine rings is 1. The van der Waals surface area contributed by atoms with E-state index >= 15 is 0 Å². The Kier molecular flexibility index (Phi) is 7.81. The lowest BCUT2D eigenvalue weighted by molar-refractivity contribution is 1.19. The molecule has 2 aromatic heterocycles. The van der Waals surface area contributed by atoms with Crippen LogP contribution in [0.25, 0.3) is 99.6 Å². The Morgan fingerprint density at radius 1 is 0.278 bits per heavy atom. The van der Waals surface area contributed by atoms with Crippen molar-refractivity contribution in [3.63, 3.8) is 0 Å². The fourth-order valence-electron chi connectivity index (χ4n) is 7.64. The van der Waals surface area contributed by atoms with Crippen LogP contribution in [0, 0.1) is 0 Å². The first-order valence-electron chi connectivity index (χ1n) is 18.2. The summed E-state index contributed by atoms with van der Waals surface area (Å²) < 4.78 is 0. The maximum absolute atomic E-state index is 5.30. The predicted molar refractivity (Wildman–Crippen MR) is 225 cm³/mol. The molecule has 0 aliphatic carbocycles. The average molecular weight is 688 g/mol. The first-order valence-corrected chi connectivity index (χ1v) is 18.2. The molecule has 0 N–H and O–H groups in total. The minimum absolute atomic E-state index is 0.693. The minimum Gasteiger partial charge on any atom is -0.263 e. The third-order valence-electron chi connectivity index (χ3n) is 10.4. The monoisotopic (exact) mass is 687 g/mol. The normalized spacial score (nSPS) is 11.3. The first-order chi connectivity index (χ1) is 26.7. The van der Waals surface area contributed by atoms with E-state index in [0.717, 1.165) is 66.8 Å². The number of benzene rings is 8. The highest BCUT2D eigenvalue weighted by atomic mass is 14.9. The van der Waals surface area contributed by atoms with Crippen molar-refractivity contribution in [1.82, 2.24) is 15.0 Å². The van der Waals surface area contributed by atoms with Crippen LogP contribution in [0.15, 0.2) is 200 Å². The van der Waals surface area contributed by atoms with Crippen LogP contribution in [0.3, 0.4) is 0 Å². The summed E-state index contributed by atoms with van der Waals surface area (Å²) in [4.78, 5) is 15.1. The molecule has 54 heavy (non-hydrogen) atoms. The fourth-order valence-corrected chi connectivity index (χ4v) is 7.64. The molecule has 8 aromatic carbocycles. The number of nitrogens with zero attached hydrogens (tertiary/aromatic N) is 3. The molecule has 0 bridgehead atoms. The molecule has 3 heteroatoms. The van der Waals surface area contributed by atoms with Crippen molar-refractivity contribution in [1.29, 1.82) is 0 Å². The molecule has 252 valence electrons. The van der Waals surface area contributed by atoms with Gasteiger partial charge in [-0.25, -0.2) is 9.97 Å². The summed E-state index contributed by atoms with van der Waals surface area (Å²) in [7, 11) is 0. The summed E-state index contributed by atoms with van der Waals surface area (Å²) in [6.45, 7) is 0. The standard InChI is InChI=1S/C51H33N3/c1-2-12-34(13-3-1)38-17-11-19-41(29-38)51-53-49(31-50(54-51)47-30-40-14-4-6-20-43(40)45-22-8-9-23-46(45)47)36-26-24-35(25-27-36)37-16-10-18-39(28-37)48-33-52-32-42-15-5-7-21-44(42)48/h1-33H. The Bertz CT molecular complexity index is 2980. The number of hydrogen-bond donors (Lipinski definition) is 0. The molecule has 10 rings (SSSR count). The molecule has 0 saturated carbocycles. The van der Waals surface area contributed by atoms with Crippen molar-refractivity contribution in [2.75, 3.05) is 0 Å². The van der Waals surface area contributed by atoms with Gasteiger partial charge in [-0.05, 0) is 79.0 Å². The Balaban J connectivity index is 1.10. The largest absolute Gasteiger partial charge is 0.263 e. The van der Waals surface area contributed by atoms with E-state index in [1.165, 1.54) is 26.9 Å². The Morgan fingerprint density at radius 2 is 0.833 bits per heavy atom. The van der Waals surface area contributed by atoms with E-state index in [1.54, 1.807) is 0 Å². The van der Waals surface area contributed by atoms with Gasteiger partial charge in [0, 0.05) is 40.0 Å². The van der Waals surface area contributed by atoms with E-state index in [-0.39, 0.29) is 0 Å². The molecule has 0 aliphatic heterocycles. The molecule has 0 atom stereocenters. The van der Waals surface area contributed by atoms with Crippen LogP contribution in [-0.2, 0) is 0 Å². The van der Waals surface area contributed by atoms with Crippen molar-refractivity contribution in [3.05, 3.63) is 200 Å². The second-order valence-corrected chi connectivity index (χ2v) is 13.7. The first kappa shape index (κ1) is 31.5. The molecule has 0 unspecified atom stereocenters. The highest BCUT2D eigenvalue weighted by Gasteiger charge is 2.16. The lowest BCUT2D eigenvalue weighted by Crippen LogP contribution is -1.97. The lowest BCUT2D eigenvalue weighted by Gasteiger charge is -2.14. The van der Waals surface area contributed by atoms with E-state index in [1.807, 2.05) is 18.5 Å². The second-order valence-electron chi connectivity index (χ2n) is 13.7. The molecule has 0 spiro atoms. The number of rotatable bonds is 6. The third kappa shape index (κ3) is 5.78. The van der Waals surface area contributed by atoms with Gasteiger partial charge in [0.2, 0.25) is 0 Å². The zero-order valence-electron chi connectivity index (χ0n) is 29.4. The van der Waals surface area contributed by atoms with Gasteiger partial charge in [-0.1, -0.05) is 164 Å². The van der Waals surface area contributed by atoms with Gasteiger partial charge in [-0.15, -0.1) is 0 Å². The van der Waals surface area contributed by atoms with Gasteiger partial charge in [-0.2, -0.15) is 0 Å². The van der Waals surface area contributed by atoms with Gasteiger partial charge >= 0.3 is 0 Å². The predicted octanol–water partition coefficient (Wildman–Crippen LogP) is 13.3. The van der Waals surface area contributed by atoms with Gasteiger partial charge in [0.1, 0.15) is 0 Å². The van der Waals surface area contributed by atoms with Gasteiger partial charge < -0.3 is 0 Å². The molecule has 0 aliphatic rings. The highest BCUT2D eigenvalue weighted by Crippen LogP contribution is 2.37. The molecule has 10 aromatic rings. The Hall–Kier alpha value is -7.23. The molecule has 0 fully saturated rings. The van der Waals surface area contributed by atoms with Crippen molar-refractivity contribution >= 4 is 32.3 Å². The van der Waals surface area contributed by atoms with Crippen molar-refractivity contribution < 1.29 is 0 Å². The summed E-state index contributed by atoms with van der Waals surface area (Å²) in [6, 6.07) is 66.5. The molecule has 3 nitrogen and oxygen atoms in total. The van der Waals surface area contributed by atoms with Crippen molar-refractivity contribution in [3.8, 4) is 67.3 Å². The second kappa shape index (κ2) is 13.4. The molecular formula is C51H33N3. The summed E-state index contributed by atoms with van der Waals surface area (Å²) in [5, 5.41) is 7.13. The smallest absolute Gasteiger partial charge is 0.160 e. The van der Waals surface area contributed by atoms with Gasteiger partial charge in [0.15, 0.2) is 5.82 Å². The summed E-state index contributed by atoms with van der Waals surface area (Å²) in [5.74, 6) is 0.693. The van der Waals surface area contributed by atoms with Crippen LogP contribution < -0.4 is 0 Å². The maximum atomic E-state index is 5.30. The van der Waals surface area contributed by atoms with Crippen LogP contribution in [-0.4, -0.2) is 15.0 Å². The quantitative estimate of drug-likeness (QED) is 0.163. The minimum atomic E-state index is 0.693. The zero-order valence-corrected chi connectivity index (χ0v) is 29.4. The number of hydrogen-bond acceptors (Lipinski definition) is 3. The molecule has 0 amide bonds. The van der Waals surface area contributed by atoms with Gasteiger partial charge in [0.25, 0.3) is 0 Å². The Morgan fingerprint density at radius 3 is 1.63 bits per heavy atom. The van der Waals surface area contributed by atoms with E-state index in [4.69, 9.17) is 9.97 Å². The average Bonchev–Trinajstić information content (AvgIpc) is 3.26. The maximum Gasteiger partial charge on any atom is 0.160 e. The summed E-state index contributed by atoms with van der Waals surface area (Å²) >= 11 is 0. The topological polar surface area (TPSA) is 38.7 Å². The fraction of sp³-hybridized carbons (Fsp3) is 0.